The van der Waals surface area contributed by atoms with Gasteiger partial charge in [0.15, 0.2) is 11.5 Å². The highest BCUT2D eigenvalue weighted by Gasteiger charge is 2.25. The van der Waals surface area contributed by atoms with E-state index in [9.17, 15) is 4.79 Å². The van der Waals surface area contributed by atoms with Gasteiger partial charge in [0.1, 0.15) is 5.69 Å². The Balaban J connectivity index is 1.35. The zero-order valence-corrected chi connectivity index (χ0v) is 21.0. The second kappa shape index (κ2) is 11.3. The molecule has 0 radical (unpaired) electrons. The van der Waals surface area contributed by atoms with Gasteiger partial charge in [0.05, 0.1) is 12.0 Å². The van der Waals surface area contributed by atoms with Crippen molar-refractivity contribution in [1.29, 1.82) is 0 Å². The Kier molecular flexibility index (Phi) is 7.67. The number of hydrogen-bond acceptors (Lipinski definition) is 4. The number of nitrogens with zero attached hydrogens (tertiary/aromatic N) is 3. The molecule has 3 heterocycles. The molecule has 0 unspecified atom stereocenters. The minimum Gasteiger partial charge on any atom is -0.449 e. The predicted octanol–water partition coefficient (Wildman–Crippen LogP) is 6.23. The van der Waals surface area contributed by atoms with Crippen molar-refractivity contribution in [2.75, 3.05) is 26.2 Å². The molecule has 2 fully saturated rings. The summed E-state index contributed by atoms with van der Waals surface area (Å²) in [6.45, 7) is 5.89. The summed E-state index contributed by atoms with van der Waals surface area (Å²) in [7, 11) is 0. The van der Waals surface area contributed by atoms with Gasteiger partial charge in [-0.1, -0.05) is 61.9 Å². The number of likely N-dealkylation sites (tertiary alicyclic amines) is 1. The summed E-state index contributed by atoms with van der Waals surface area (Å²) in [6.07, 6.45) is 13.2. The van der Waals surface area contributed by atoms with Gasteiger partial charge in [-0.2, -0.15) is 0 Å². The molecule has 1 aliphatic heterocycles. The van der Waals surface area contributed by atoms with Crippen LogP contribution in [0.1, 0.15) is 79.9 Å². The number of carbonyl (C=O) groups excluding carboxylic acids is 1. The summed E-state index contributed by atoms with van der Waals surface area (Å²) in [5.41, 5.74) is 4.18. The first-order valence-corrected chi connectivity index (χ1v) is 13.4. The Hall–Kier alpha value is -2.86. The third-order valence-electron chi connectivity index (χ3n) is 7.56. The van der Waals surface area contributed by atoms with E-state index >= 15 is 0 Å². The van der Waals surface area contributed by atoms with Gasteiger partial charge in [-0.3, -0.25) is 4.79 Å². The average molecular weight is 475 g/mol. The quantitative estimate of drug-likeness (QED) is 0.441. The number of rotatable bonds is 7. The average Bonchev–Trinajstić information content (AvgIpc) is 3.46. The lowest BCUT2D eigenvalue weighted by Gasteiger charge is -2.24. The highest BCUT2D eigenvalue weighted by molar-refractivity contribution is 5.92. The maximum Gasteiger partial charge on any atom is 0.287 e. The third kappa shape index (κ3) is 5.69. The summed E-state index contributed by atoms with van der Waals surface area (Å²) >= 11 is 0. The van der Waals surface area contributed by atoms with E-state index in [0.29, 0.717) is 24.1 Å². The van der Waals surface area contributed by atoms with Crippen molar-refractivity contribution < 1.29 is 9.21 Å². The maximum atomic E-state index is 12.9. The first-order chi connectivity index (χ1) is 17.2. The van der Waals surface area contributed by atoms with Crippen LogP contribution in [0.5, 0.6) is 0 Å². The van der Waals surface area contributed by atoms with E-state index in [1.807, 2.05) is 12.4 Å². The van der Waals surface area contributed by atoms with Crippen molar-refractivity contribution in [2.24, 2.45) is 0 Å². The van der Waals surface area contributed by atoms with Crippen molar-refractivity contribution in [3.05, 3.63) is 54.0 Å². The molecule has 0 atom stereocenters. The van der Waals surface area contributed by atoms with Crippen molar-refractivity contribution in [3.8, 4) is 22.7 Å². The van der Waals surface area contributed by atoms with Crippen LogP contribution in [-0.2, 0) is 0 Å². The van der Waals surface area contributed by atoms with Gasteiger partial charge in [0, 0.05) is 24.7 Å². The fourth-order valence-electron chi connectivity index (χ4n) is 5.53. The van der Waals surface area contributed by atoms with E-state index in [0.717, 1.165) is 49.4 Å². The minimum atomic E-state index is -0.147. The smallest absolute Gasteiger partial charge is 0.287 e. The molecule has 1 aromatic carbocycles. The fraction of sp³-hybridized carbons (Fsp3) is 0.517. The summed E-state index contributed by atoms with van der Waals surface area (Å²) in [6, 6.07) is 12.6. The molecule has 6 nitrogen and oxygen atoms in total. The first kappa shape index (κ1) is 23.9. The van der Waals surface area contributed by atoms with E-state index in [1.165, 1.54) is 50.5 Å². The van der Waals surface area contributed by atoms with Gasteiger partial charge in [-0.05, 0) is 57.8 Å². The van der Waals surface area contributed by atoms with Crippen molar-refractivity contribution >= 4 is 5.91 Å². The maximum absolute atomic E-state index is 12.9. The Morgan fingerprint density at radius 2 is 1.69 bits per heavy atom. The van der Waals surface area contributed by atoms with E-state index in [2.05, 4.69) is 46.0 Å². The molecule has 0 bridgehead atoms. The van der Waals surface area contributed by atoms with Gasteiger partial charge < -0.3 is 19.2 Å². The molecule has 1 amide bonds. The second-order valence-corrected chi connectivity index (χ2v) is 10.2. The second-order valence-electron chi connectivity index (χ2n) is 10.2. The molecule has 1 saturated carbocycles. The summed E-state index contributed by atoms with van der Waals surface area (Å²) < 4.78 is 8.47. The Labute approximate surface area is 208 Å². The highest BCUT2D eigenvalue weighted by atomic mass is 16.4. The van der Waals surface area contributed by atoms with Gasteiger partial charge in [-0.15, -0.1) is 0 Å². The lowest BCUT2D eigenvalue weighted by Crippen LogP contribution is -2.35. The van der Waals surface area contributed by atoms with Crippen LogP contribution < -0.4 is 5.32 Å². The monoisotopic (exact) mass is 474 g/mol. The molecular formula is C29H38N4O2. The lowest BCUT2D eigenvalue weighted by atomic mass is 9.95. The molecule has 2 aromatic heterocycles. The molecule has 1 N–H and O–H groups in total. The van der Waals surface area contributed by atoms with Crippen molar-refractivity contribution in [3.63, 3.8) is 0 Å². The zero-order valence-electron chi connectivity index (χ0n) is 21.0. The molecule has 1 saturated heterocycles. The van der Waals surface area contributed by atoms with E-state index in [4.69, 9.17) is 9.40 Å². The molecule has 0 spiro atoms. The Morgan fingerprint density at radius 1 is 0.971 bits per heavy atom. The molecule has 186 valence electrons. The molecule has 35 heavy (non-hydrogen) atoms. The molecule has 2 aliphatic rings. The van der Waals surface area contributed by atoms with Gasteiger partial charge >= 0.3 is 0 Å². The Morgan fingerprint density at radius 3 is 2.43 bits per heavy atom. The largest absolute Gasteiger partial charge is 0.449 e. The van der Waals surface area contributed by atoms with Crippen LogP contribution in [0.3, 0.4) is 0 Å². The van der Waals surface area contributed by atoms with Crippen molar-refractivity contribution in [2.45, 2.75) is 70.8 Å². The summed E-state index contributed by atoms with van der Waals surface area (Å²) in [4.78, 5) is 20.2. The summed E-state index contributed by atoms with van der Waals surface area (Å²) in [5.74, 6) is 0.926. The van der Waals surface area contributed by atoms with Gasteiger partial charge in [0.2, 0.25) is 0 Å². The number of amides is 1. The van der Waals surface area contributed by atoms with Gasteiger partial charge in [0.25, 0.3) is 5.91 Å². The van der Waals surface area contributed by atoms with Crippen LogP contribution in [0.4, 0.5) is 0 Å². The molecule has 5 rings (SSSR count). The normalized spacial score (nSPS) is 17.9. The standard InChI is InChI=1S/C29H38N4O2/c1-22-11-13-23(14-12-22)27-28(33(21-31-27)24-9-5-4-6-10-24)25-15-16-26(35-25)29(34)30-17-20-32-18-7-2-3-8-19-32/h11-16,21,24H,2-10,17-20H2,1H3,(H,30,34). The highest BCUT2D eigenvalue weighted by Crippen LogP contribution is 2.38. The van der Waals surface area contributed by atoms with Crippen LogP contribution in [0.25, 0.3) is 22.7 Å². The number of carbonyl (C=O) groups is 1. The minimum absolute atomic E-state index is 0.147. The topological polar surface area (TPSA) is 63.3 Å². The molecular weight excluding hydrogens is 436 g/mol. The fourth-order valence-corrected chi connectivity index (χ4v) is 5.53. The van der Waals surface area contributed by atoms with E-state index in [1.54, 1.807) is 6.07 Å². The number of imidazole rings is 1. The number of nitrogens with one attached hydrogen (secondary N) is 1. The van der Waals surface area contributed by atoms with Crippen LogP contribution in [-0.4, -0.2) is 46.5 Å². The predicted molar refractivity (Wildman–Crippen MR) is 139 cm³/mol. The number of hydrogen-bond donors (Lipinski definition) is 1. The number of furan rings is 1. The SMILES string of the molecule is Cc1ccc(-c2ncn(C3CCCCC3)c2-c2ccc(C(=O)NCCN3CCCCCC3)o2)cc1. The number of benzene rings is 1. The van der Waals surface area contributed by atoms with Crippen LogP contribution in [0.15, 0.2) is 47.1 Å². The van der Waals surface area contributed by atoms with E-state index < -0.39 is 0 Å². The summed E-state index contributed by atoms with van der Waals surface area (Å²) in [5, 5.41) is 3.06. The zero-order chi connectivity index (χ0) is 24.0. The van der Waals surface area contributed by atoms with Gasteiger partial charge in [-0.25, -0.2) is 4.98 Å². The lowest BCUT2D eigenvalue weighted by molar-refractivity contribution is 0.0921. The van der Waals surface area contributed by atoms with Crippen LogP contribution in [0, 0.1) is 6.92 Å². The van der Waals surface area contributed by atoms with Crippen molar-refractivity contribution in [1.82, 2.24) is 19.8 Å². The van der Waals surface area contributed by atoms with Crippen LogP contribution in [0.2, 0.25) is 0 Å². The van der Waals surface area contributed by atoms with E-state index in [-0.39, 0.29) is 5.91 Å². The Bertz CT molecular complexity index is 1100. The molecule has 1 aliphatic carbocycles. The molecule has 6 heteroatoms. The number of aryl methyl sites for hydroxylation is 1. The number of aromatic nitrogens is 2. The van der Waals surface area contributed by atoms with Crippen LogP contribution >= 0.6 is 0 Å². The molecule has 3 aromatic rings. The first-order valence-electron chi connectivity index (χ1n) is 13.4. The third-order valence-corrected chi connectivity index (χ3v) is 7.56.